The van der Waals surface area contributed by atoms with Gasteiger partial charge in [0.15, 0.2) is 18.1 Å². The second kappa shape index (κ2) is 10.6. The second-order valence-electron chi connectivity index (χ2n) is 6.21. The maximum atomic E-state index is 12.5. The molecule has 0 aliphatic heterocycles. The minimum atomic E-state index is -2.04. The van der Waals surface area contributed by atoms with E-state index in [1.54, 1.807) is 12.1 Å². The van der Waals surface area contributed by atoms with Crippen LogP contribution in [0.1, 0.15) is 15.9 Å². The lowest BCUT2D eigenvalue weighted by atomic mass is 10.1. The highest BCUT2D eigenvalue weighted by Crippen LogP contribution is 2.27. The summed E-state index contributed by atoms with van der Waals surface area (Å²) in [6.07, 6.45) is -2.04. The van der Waals surface area contributed by atoms with Crippen LogP contribution in [0.5, 0.6) is 11.5 Å². The molecule has 0 aliphatic carbocycles. The molecule has 11 nitrogen and oxygen atoms in total. The second-order valence-corrected chi connectivity index (χ2v) is 6.21. The topological polar surface area (TPSA) is 168 Å². The Bertz CT molecular complexity index is 961. The van der Waals surface area contributed by atoms with Gasteiger partial charge in [0.25, 0.3) is 17.9 Å². The number of benzene rings is 2. The number of ether oxygens (including phenoxy) is 2. The number of para-hydroxylation sites is 2. The van der Waals surface area contributed by atoms with E-state index in [0.717, 1.165) is 10.6 Å². The third kappa shape index (κ3) is 6.44. The quantitative estimate of drug-likeness (QED) is 0.321. The van der Waals surface area contributed by atoms with Crippen molar-refractivity contribution in [3.8, 4) is 11.5 Å². The standard InChI is InChI=1S/C20H21N3O8/c1-23(19(27)13-8-6-12(10-21)7-9-13)22-18(26)17(20(28)29)31-15-5-3-2-4-14(15)30-11-16(24)25/h2-9,17H,10-11,21H2,1H3,(H,22,26)(H,24,25)(H,28,29). The number of hydrogen-bond acceptors (Lipinski definition) is 7. The summed E-state index contributed by atoms with van der Waals surface area (Å²) in [5.41, 5.74) is 8.73. The number of nitrogens with two attached hydrogens (primary N) is 1. The van der Waals surface area contributed by atoms with Gasteiger partial charge in [-0.3, -0.25) is 20.0 Å². The van der Waals surface area contributed by atoms with Gasteiger partial charge in [0.05, 0.1) is 0 Å². The van der Waals surface area contributed by atoms with Crippen molar-refractivity contribution in [2.24, 2.45) is 5.73 Å². The molecule has 2 rings (SSSR count). The first kappa shape index (κ1) is 23.2. The Balaban J connectivity index is 2.11. The van der Waals surface area contributed by atoms with E-state index < -0.39 is 36.5 Å². The molecule has 31 heavy (non-hydrogen) atoms. The van der Waals surface area contributed by atoms with Crippen LogP contribution in [0.3, 0.4) is 0 Å². The summed E-state index contributed by atoms with van der Waals surface area (Å²) < 4.78 is 10.3. The molecule has 1 unspecified atom stereocenters. The highest BCUT2D eigenvalue weighted by atomic mass is 16.6. The first-order chi connectivity index (χ1) is 14.7. The Kier molecular flexibility index (Phi) is 7.92. The Labute approximate surface area is 176 Å². The Morgan fingerprint density at radius 3 is 2.19 bits per heavy atom. The van der Waals surface area contributed by atoms with E-state index in [1.165, 1.54) is 43.4 Å². The molecular formula is C20H21N3O8. The number of aliphatic carboxylic acids is 2. The fourth-order valence-electron chi connectivity index (χ4n) is 2.40. The predicted molar refractivity (Wildman–Crippen MR) is 106 cm³/mol. The molecule has 0 fully saturated rings. The third-order valence-corrected chi connectivity index (χ3v) is 3.93. The zero-order chi connectivity index (χ0) is 23.0. The number of carboxylic acid groups (broad SMARTS) is 2. The van der Waals surface area contributed by atoms with E-state index in [4.69, 9.17) is 20.3 Å². The van der Waals surface area contributed by atoms with Crippen LogP contribution in [0.2, 0.25) is 0 Å². The number of nitrogens with zero attached hydrogens (tertiary/aromatic N) is 1. The molecule has 5 N–H and O–H groups in total. The highest BCUT2D eigenvalue weighted by Gasteiger charge is 2.31. The molecule has 0 saturated heterocycles. The number of rotatable bonds is 9. The lowest BCUT2D eigenvalue weighted by molar-refractivity contribution is -0.152. The van der Waals surface area contributed by atoms with Crippen molar-refractivity contribution < 1.29 is 38.9 Å². The van der Waals surface area contributed by atoms with Crippen LogP contribution in [0.15, 0.2) is 48.5 Å². The zero-order valence-corrected chi connectivity index (χ0v) is 16.5. The van der Waals surface area contributed by atoms with E-state index in [0.29, 0.717) is 6.54 Å². The van der Waals surface area contributed by atoms with Crippen LogP contribution in [0, 0.1) is 0 Å². The fraction of sp³-hybridized carbons (Fsp3) is 0.200. The van der Waals surface area contributed by atoms with Crippen molar-refractivity contribution in [2.75, 3.05) is 13.7 Å². The van der Waals surface area contributed by atoms with Crippen LogP contribution in [0.4, 0.5) is 0 Å². The van der Waals surface area contributed by atoms with E-state index in [2.05, 4.69) is 5.43 Å². The van der Waals surface area contributed by atoms with Gasteiger partial charge in [0, 0.05) is 19.2 Å². The highest BCUT2D eigenvalue weighted by molar-refractivity contribution is 6.02. The molecule has 11 heteroatoms. The minimum absolute atomic E-state index is 0.0617. The van der Waals surface area contributed by atoms with E-state index in [9.17, 15) is 24.3 Å². The summed E-state index contributed by atoms with van der Waals surface area (Å²) in [5.74, 6) is -4.81. The number of amides is 2. The summed E-state index contributed by atoms with van der Waals surface area (Å²) >= 11 is 0. The van der Waals surface area contributed by atoms with Crippen molar-refractivity contribution in [2.45, 2.75) is 12.6 Å². The summed E-state index contributed by atoms with van der Waals surface area (Å²) in [6.45, 7) is -0.388. The SMILES string of the molecule is CN(NC(=O)C(Oc1ccccc1OCC(=O)O)C(=O)O)C(=O)c1ccc(CN)cc1. The molecule has 2 aromatic carbocycles. The summed E-state index contributed by atoms with van der Waals surface area (Å²) in [5, 5.41) is 19.0. The lowest BCUT2D eigenvalue weighted by Crippen LogP contribution is -2.51. The van der Waals surface area contributed by atoms with Crippen LogP contribution in [0.25, 0.3) is 0 Å². The smallest absolute Gasteiger partial charge is 0.355 e. The average Bonchev–Trinajstić information content (AvgIpc) is 2.75. The zero-order valence-electron chi connectivity index (χ0n) is 16.5. The molecule has 2 aromatic rings. The first-order valence-corrected chi connectivity index (χ1v) is 8.93. The average molecular weight is 431 g/mol. The summed E-state index contributed by atoms with van der Waals surface area (Å²) in [4.78, 5) is 47.2. The van der Waals surface area contributed by atoms with Crippen LogP contribution >= 0.6 is 0 Å². The van der Waals surface area contributed by atoms with Gasteiger partial charge in [-0.15, -0.1) is 0 Å². The number of carboxylic acids is 2. The molecule has 0 saturated carbocycles. The molecule has 0 bridgehead atoms. The van der Waals surface area contributed by atoms with Crippen LogP contribution in [-0.2, 0) is 20.9 Å². The summed E-state index contributed by atoms with van der Waals surface area (Å²) in [6, 6.07) is 12.0. The molecule has 2 amide bonds. The lowest BCUT2D eigenvalue weighted by Gasteiger charge is -2.22. The number of carbonyl (C=O) groups is 4. The summed E-state index contributed by atoms with van der Waals surface area (Å²) in [7, 11) is 1.25. The van der Waals surface area contributed by atoms with Gasteiger partial charge < -0.3 is 25.4 Å². The molecular weight excluding hydrogens is 410 g/mol. The van der Waals surface area contributed by atoms with Crippen LogP contribution < -0.4 is 20.6 Å². The van der Waals surface area contributed by atoms with Gasteiger partial charge in [-0.2, -0.15) is 0 Å². The maximum absolute atomic E-state index is 12.5. The van der Waals surface area contributed by atoms with Crippen LogP contribution in [-0.4, -0.2) is 58.7 Å². The molecule has 0 heterocycles. The monoisotopic (exact) mass is 431 g/mol. The largest absolute Gasteiger partial charge is 0.479 e. The minimum Gasteiger partial charge on any atom is -0.479 e. The Hall–Kier alpha value is -4.12. The van der Waals surface area contributed by atoms with Crippen molar-refractivity contribution in [3.05, 3.63) is 59.7 Å². The van der Waals surface area contributed by atoms with E-state index in [-0.39, 0.29) is 17.1 Å². The molecule has 0 aliphatic rings. The Morgan fingerprint density at radius 1 is 1.03 bits per heavy atom. The van der Waals surface area contributed by atoms with Gasteiger partial charge >= 0.3 is 11.9 Å². The van der Waals surface area contributed by atoms with Gasteiger partial charge in [-0.1, -0.05) is 24.3 Å². The number of nitrogens with one attached hydrogen (secondary N) is 1. The number of hydrazine groups is 1. The van der Waals surface area contributed by atoms with E-state index in [1.807, 2.05) is 0 Å². The van der Waals surface area contributed by atoms with Crippen molar-refractivity contribution in [3.63, 3.8) is 0 Å². The Morgan fingerprint density at radius 2 is 1.65 bits per heavy atom. The predicted octanol–water partition coefficient (Wildman–Crippen LogP) is 0.244. The molecule has 0 radical (unpaired) electrons. The molecule has 0 aromatic heterocycles. The number of hydrogen-bond donors (Lipinski definition) is 4. The first-order valence-electron chi connectivity index (χ1n) is 8.93. The number of carbonyl (C=O) groups excluding carboxylic acids is 2. The molecule has 164 valence electrons. The van der Waals surface area contributed by atoms with Crippen molar-refractivity contribution in [1.29, 1.82) is 0 Å². The van der Waals surface area contributed by atoms with Gasteiger partial charge in [0.1, 0.15) is 0 Å². The molecule has 1 atom stereocenters. The fourth-order valence-corrected chi connectivity index (χ4v) is 2.40. The molecule has 0 spiro atoms. The van der Waals surface area contributed by atoms with Gasteiger partial charge in [-0.25, -0.2) is 9.59 Å². The van der Waals surface area contributed by atoms with Crippen molar-refractivity contribution >= 4 is 23.8 Å². The van der Waals surface area contributed by atoms with Crippen molar-refractivity contribution in [1.82, 2.24) is 10.4 Å². The van der Waals surface area contributed by atoms with Gasteiger partial charge in [0.2, 0.25) is 0 Å². The normalized spacial score (nSPS) is 11.2. The van der Waals surface area contributed by atoms with E-state index >= 15 is 0 Å². The maximum Gasteiger partial charge on any atom is 0.355 e. The third-order valence-electron chi connectivity index (χ3n) is 3.93. The van der Waals surface area contributed by atoms with Gasteiger partial charge in [-0.05, 0) is 29.8 Å².